The van der Waals surface area contributed by atoms with Crippen molar-refractivity contribution in [2.45, 2.75) is 44.3 Å². The van der Waals surface area contributed by atoms with E-state index in [-0.39, 0.29) is 24.4 Å². The number of rotatable bonds is 7. The van der Waals surface area contributed by atoms with E-state index in [1.807, 2.05) is 72.6 Å². The highest BCUT2D eigenvalue weighted by Crippen LogP contribution is 2.38. The zero-order valence-corrected chi connectivity index (χ0v) is 24.3. The Labute approximate surface area is 245 Å². The predicted octanol–water partition coefficient (Wildman–Crippen LogP) is 8.38. The van der Waals surface area contributed by atoms with E-state index >= 15 is 0 Å². The van der Waals surface area contributed by atoms with Crippen molar-refractivity contribution in [3.05, 3.63) is 93.6 Å². The quantitative estimate of drug-likeness (QED) is 0.224. The summed E-state index contributed by atoms with van der Waals surface area (Å²) in [6.45, 7) is 7.65. The molecule has 1 heterocycles. The number of halogens is 2. The average Bonchev–Trinajstić information content (AvgIpc) is 3.32. The van der Waals surface area contributed by atoms with E-state index in [9.17, 15) is 4.79 Å². The van der Waals surface area contributed by atoms with Gasteiger partial charge in [0.1, 0.15) is 10.6 Å². The van der Waals surface area contributed by atoms with Gasteiger partial charge in [-0.05, 0) is 62.1 Å². The second-order valence-electron chi connectivity index (χ2n) is 9.65. The van der Waals surface area contributed by atoms with Crippen LogP contribution in [0.2, 0.25) is 5.02 Å². The SMILES string of the molecule is Cl.[C-]#[N+]c1ccc(-c2ccc(OC)c(CN(C(=O)c3sc4ccccc4c3Cl)C3CCC(NC)CC3)c2)cc1. The highest BCUT2D eigenvalue weighted by molar-refractivity contribution is 7.21. The third-order valence-corrected chi connectivity index (χ3v) is 9.15. The van der Waals surface area contributed by atoms with Gasteiger partial charge in [0, 0.05) is 34.3 Å². The third-order valence-electron chi connectivity index (χ3n) is 7.49. The van der Waals surface area contributed by atoms with Gasteiger partial charge in [-0.1, -0.05) is 60.1 Å². The van der Waals surface area contributed by atoms with Crippen LogP contribution >= 0.6 is 35.3 Å². The normalized spacial score (nSPS) is 16.8. The van der Waals surface area contributed by atoms with Gasteiger partial charge >= 0.3 is 0 Å². The maximum absolute atomic E-state index is 14.2. The summed E-state index contributed by atoms with van der Waals surface area (Å²) in [4.78, 5) is 20.3. The molecular formula is C31H31Cl2N3O2S. The van der Waals surface area contributed by atoms with Gasteiger partial charge in [0.2, 0.25) is 0 Å². The third kappa shape index (κ3) is 6.08. The van der Waals surface area contributed by atoms with Crippen LogP contribution < -0.4 is 10.1 Å². The lowest BCUT2D eigenvalue weighted by molar-refractivity contribution is 0.0604. The Morgan fingerprint density at radius 3 is 2.41 bits per heavy atom. The van der Waals surface area contributed by atoms with Gasteiger partial charge in [0.05, 0.1) is 18.7 Å². The lowest BCUT2D eigenvalue weighted by Gasteiger charge is -2.37. The van der Waals surface area contributed by atoms with E-state index in [0.29, 0.717) is 28.2 Å². The molecule has 0 aliphatic heterocycles. The first kappa shape index (κ1) is 28.9. The monoisotopic (exact) mass is 579 g/mol. The number of hydrogen-bond donors (Lipinski definition) is 1. The van der Waals surface area contributed by atoms with Crippen LogP contribution in [0.5, 0.6) is 5.75 Å². The number of methoxy groups -OCH3 is 1. The first-order valence-corrected chi connectivity index (χ1v) is 14.0. The zero-order valence-electron chi connectivity index (χ0n) is 21.9. The molecule has 5 rings (SSSR count). The first-order valence-electron chi connectivity index (χ1n) is 12.8. The zero-order chi connectivity index (χ0) is 26.6. The van der Waals surface area contributed by atoms with Gasteiger partial charge in [-0.15, -0.1) is 23.7 Å². The molecule has 5 nitrogen and oxygen atoms in total. The number of fused-ring (bicyclic) bond motifs is 1. The van der Waals surface area contributed by atoms with Gasteiger partial charge in [-0.2, -0.15) is 0 Å². The fourth-order valence-electron chi connectivity index (χ4n) is 5.32. The minimum Gasteiger partial charge on any atom is -0.496 e. The minimum absolute atomic E-state index is 0. The number of hydrogen-bond acceptors (Lipinski definition) is 4. The van der Waals surface area contributed by atoms with Gasteiger partial charge in [0.25, 0.3) is 5.91 Å². The van der Waals surface area contributed by atoms with Crippen molar-refractivity contribution in [1.82, 2.24) is 10.2 Å². The van der Waals surface area contributed by atoms with E-state index in [0.717, 1.165) is 58.2 Å². The van der Waals surface area contributed by atoms with Gasteiger partial charge < -0.3 is 15.0 Å². The van der Waals surface area contributed by atoms with E-state index in [1.54, 1.807) is 7.11 Å². The molecule has 0 bridgehead atoms. The number of nitrogens with one attached hydrogen (secondary N) is 1. The summed E-state index contributed by atoms with van der Waals surface area (Å²) in [5.41, 5.74) is 3.59. The van der Waals surface area contributed by atoms with Gasteiger partial charge in [0.15, 0.2) is 5.69 Å². The largest absolute Gasteiger partial charge is 0.496 e. The molecule has 1 aliphatic carbocycles. The Bertz CT molecular complexity index is 1490. The van der Waals surface area contributed by atoms with Crippen LogP contribution in [-0.4, -0.2) is 37.0 Å². The molecule has 202 valence electrons. The summed E-state index contributed by atoms with van der Waals surface area (Å²) in [6.07, 6.45) is 3.91. The van der Waals surface area contributed by atoms with E-state index < -0.39 is 0 Å². The lowest BCUT2D eigenvalue weighted by Crippen LogP contribution is -2.44. The second kappa shape index (κ2) is 12.8. The maximum atomic E-state index is 14.2. The number of ether oxygens (including phenoxy) is 1. The Morgan fingerprint density at radius 1 is 1.08 bits per heavy atom. The molecule has 1 aromatic heterocycles. The smallest absolute Gasteiger partial charge is 0.266 e. The van der Waals surface area contributed by atoms with Gasteiger partial charge in [-0.25, -0.2) is 4.85 Å². The second-order valence-corrected chi connectivity index (χ2v) is 11.1. The van der Waals surface area contributed by atoms with E-state index in [1.165, 1.54) is 11.3 Å². The van der Waals surface area contributed by atoms with Gasteiger partial charge in [-0.3, -0.25) is 4.79 Å². The topological polar surface area (TPSA) is 45.9 Å². The van der Waals surface area contributed by atoms with Crippen LogP contribution in [0.3, 0.4) is 0 Å². The maximum Gasteiger partial charge on any atom is 0.266 e. The van der Waals surface area contributed by atoms with Crippen molar-refractivity contribution in [2.75, 3.05) is 14.2 Å². The highest BCUT2D eigenvalue weighted by atomic mass is 35.5. The Kier molecular flexibility index (Phi) is 9.53. The number of benzene rings is 3. The van der Waals surface area contributed by atoms with E-state index in [2.05, 4.69) is 16.2 Å². The summed E-state index contributed by atoms with van der Waals surface area (Å²) >= 11 is 8.24. The molecule has 39 heavy (non-hydrogen) atoms. The van der Waals surface area contributed by atoms with Crippen LogP contribution in [0.1, 0.15) is 40.9 Å². The summed E-state index contributed by atoms with van der Waals surface area (Å²) in [7, 11) is 3.67. The molecule has 0 atom stereocenters. The summed E-state index contributed by atoms with van der Waals surface area (Å²) in [6, 6.07) is 22.1. The van der Waals surface area contributed by atoms with Crippen LogP contribution in [-0.2, 0) is 6.54 Å². The van der Waals surface area contributed by atoms with Crippen molar-refractivity contribution >= 4 is 57.0 Å². The predicted molar refractivity (Wildman–Crippen MR) is 164 cm³/mol. The Morgan fingerprint density at radius 2 is 1.77 bits per heavy atom. The van der Waals surface area contributed by atoms with Crippen LogP contribution in [0.25, 0.3) is 26.1 Å². The molecule has 0 saturated heterocycles. The van der Waals surface area contributed by atoms with Crippen molar-refractivity contribution < 1.29 is 9.53 Å². The molecule has 8 heteroatoms. The van der Waals surface area contributed by atoms with Crippen molar-refractivity contribution in [2.24, 2.45) is 0 Å². The number of amides is 1. The molecule has 1 saturated carbocycles. The molecule has 1 aliphatic rings. The molecule has 1 amide bonds. The van der Waals surface area contributed by atoms with Crippen molar-refractivity contribution in [3.8, 4) is 16.9 Å². The van der Waals surface area contributed by atoms with Crippen LogP contribution in [0, 0.1) is 6.57 Å². The standard InChI is InChI=1S/C31H30ClN3O2S.ClH/c1-33-23-11-8-20(9-12-23)21-10-17-27(37-3)22(18-21)19-35(25-15-13-24(34-2)14-16-25)31(36)30-29(32)26-6-4-5-7-28(26)38-30;/h4-12,17-18,24-25,34H,13-16,19H2,2-3H3;1H. The molecular weight excluding hydrogens is 549 g/mol. The fourth-order valence-corrected chi connectivity index (χ4v) is 6.79. The summed E-state index contributed by atoms with van der Waals surface area (Å²) in [5.74, 6) is 0.716. The average molecular weight is 581 g/mol. The molecule has 3 aromatic carbocycles. The Hall–Kier alpha value is -3.08. The first-order chi connectivity index (χ1) is 18.5. The van der Waals surface area contributed by atoms with Crippen LogP contribution in [0.15, 0.2) is 66.7 Å². The summed E-state index contributed by atoms with van der Waals surface area (Å²) < 4.78 is 6.76. The number of carbonyl (C=O) groups is 1. The highest BCUT2D eigenvalue weighted by Gasteiger charge is 2.32. The molecule has 4 aromatic rings. The van der Waals surface area contributed by atoms with E-state index in [4.69, 9.17) is 22.9 Å². The number of nitrogens with zero attached hydrogens (tertiary/aromatic N) is 2. The fraction of sp³-hybridized carbons (Fsp3) is 0.290. The molecule has 1 N–H and O–H groups in total. The Balaban J connectivity index is 0.00000353. The summed E-state index contributed by atoms with van der Waals surface area (Å²) in [5, 5.41) is 4.84. The minimum atomic E-state index is -0.0297. The molecule has 0 radical (unpaired) electrons. The number of thiophene rings is 1. The molecule has 0 unspecified atom stereocenters. The van der Waals surface area contributed by atoms with Crippen molar-refractivity contribution in [1.29, 1.82) is 0 Å². The number of carbonyl (C=O) groups excluding carboxylic acids is 1. The molecule has 1 fully saturated rings. The lowest BCUT2D eigenvalue weighted by atomic mass is 9.89. The van der Waals surface area contributed by atoms with Crippen molar-refractivity contribution in [3.63, 3.8) is 0 Å². The van der Waals surface area contributed by atoms with Crippen LogP contribution in [0.4, 0.5) is 5.69 Å². The molecule has 0 spiro atoms.